The van der Waals surface area contributed by atoms with Crippen LogP contribution >= 0.6 is 0 Å². The largest absolute Gasteiger partial charge is 0.343 e. The van der Waals surface area contributed by atoms with E-state index < -0.39 is 0 Å². The summed E-state index contributed by atoms with van der Waals surface area (Å²) >= 11 is 0. The lowest BCUT2D eigenvalue weighted by Gasteiger charge is -2.23. The molecule has 1 saturated heterocycles. The van der Waals surface area contributed by atoms with Crippen LogP contribution in [0.15, 0.2) is 54.6 Å². The molecule has 1 aliphatic heterocycles. The van der Waals surface area contributed by atoms with Gasteiger partial charge in [-0.2, -0.15) is 0 Å². The summed E-state index contributed by atoms with van der Waals surface area (Å²) in [6.07, 6.45) is 9.64. The second-order valence-electron chi connectivity index (χ2n) is 9.69. The Morgan fingerprint density at radius 3 is 2.09 bits per heavy atom. The number of nitrogens with zero attached hydrogens (tertiary/aromatic N) is 1. The Bertz CT molecular complexity index is 1190. The molecule has 1 N–H and O–H groups in total. The van der Waals surface area contributed by atoms with E-state index in [0.717, 1.165) is 51.9 Å². The summed E-state index contributed by atoms with van der Waals surface area (Å²) in [6.45, 7) is 4.09. The van der Waals surface area contributed by atoms with Gasteiger partial charge in [-0.15, -0.1) is 0 Å². The maximum Gasteiger partial charge on any atom is 0.222 e. The fourth-order valence-electron chi connectivity index (χ4n) is 5.55. The van der Waals surface area contributed by atoms with E-state index in [4.69, 9.17) is 0 Å². The number of nitrogens with one attached hydrogen (secondary N) is 1. The van der Waals surface area contributed by atoms with Crippen LogP contribution in [0.5, 0.6) is 0 Å². The number of aryl methyl sites for hydroxylation is 1. The molecule has 1 aliphatic rings. The van der Waals surface area contributed by atoms with Gasteiger partial charge in [0, 0.05) is 19.5 Å². The van der Waals surface area contributed by atoms with E-state index >= 15 is 0 Å². The molecule has 0 radical (unpaired) electrons. The highest BCUT2D eigenvalue weighted by Crippen LogP contribution is 2.36. The second-order valence-corrected chi connectivity index (χ2v) is 9.69. The van der Waals surface area contributed by atoms with Gasteiger partial charge < -0.3 is 10.2 Å². The molecule has 0 atom stereocenters. The lowest BCUT2D eigenvalue weighted by atomic mass is 9.90. The Kier molecular flexibility index (Phi) is 7.06. The maximum atomic E-state index is 13.1. The molecule has 0 aromatic heterocycles. The first-order valence-electron chi connectivity index (χ1n) is 13.0. The van der Waals surface area contributed by atoms with Crippen molar-refractivity contribution in [2.45, 2.75) is 57.8 Å². The fourth-order valence-corrected chi connectivity index (χ4v) is 5.55. The van der Waals surface area contributed by atoms with E-state index in [1.54, 1.807) is 0 Å². The summed E-state index contributed by atoms with van der Waals surface area (Å²) < 4.78 is 0. The molecular weight excluding hydrogens is 404 g/mol. The zero-order chi connectivity index (χ0) is 22.5. The van der Waals surface area contributed by atoms with E-state index in [1.807, 2.05) is 0 Å². The van der Waals surface area contributed by atoms with Crippen LogP contribution in [0.25, 0.3) is 32.3 Å². The van der Waals surface area contributed by atoms with Crippen LogP contribution in [0.2, 0.25) is 0 Å². The van der Waals surface area contributed by atoms with Crippen molar-refractivity contribution >= 4 is 38.2 Å². The van der Waals surface area contributed by atoms with Gasteiger partial charge in [0.1, 0.15) is 0 Å². The van der Waals surface area contributed by atoms with Crippen molar-refractivity contribution in [3.8, 4) is 0 Å². The molecule has 0 bridgehead atoms. The third kappa shape index (κ3) is 4.99. The highest BCUT2D eigenvalue weighted by molar-refractivity contribution is 6.23. The number of amides is 1. The standard InChI is InChI=1S/C30H36N2O/c33-28(32-21-5-1-3-19-31-20-4-2-6-22-32)12-8-9-23-13-14-26-16-15-24-10-7-11-25-17-18-27(23)30(26)29(24)25/h7,10-11,13-18,31H,1-6,8-9,12,19-22H2. The number of hydrogen-bond acceptors (Lipinski definition) is 2. The highest BCUT2D eigenvalue weighted by Gasteiger charge is 2.15. The van der Waals surface area contributed by atoms with Crippen LogP contribution in [0.1, 0.15) is 56.9 Å². The average Bonchev–Trinajstić information content (AvgIpc) is 2.83. The quantitative estimate of drug-likeness (QED) is 0.359. The van der Waals surface area contributed by atoms with Gasteiger partial charge in [-0.1, -0.05) is 67.4 Å². The minimum absolute atomic E-state index is 0.350. The fraction of sp³-hybridized carbons (Fsp3) is 0.433. The predicted octanol–water partition coefficient (Wildman–Crippen LogP) is 6.68. The molecule has 1 fully saturated rings. The number of carbonyl (C=O) groups is 1. The third-order valence-electron chi connectivity index (χ3n) is 7.37. The second kappa shape index (κ2) is 10.5. The van der Waals surface area contributed by atoms with Gasteiger partial charge in [-0.25, -0.2) is 0 Å². The molecule has 0 unspecified atom stereocenters. The third-order valence-corrected chi connectivity index (χ3v) is 7.37. The van der Waals surface area contributed by atoms with Gasteiger partial charge in [-0.05, 0) is 89.5 Å². The Hall–Kier alpha value is -2.65. The Balaban J connectivity index is 1.27. The van der Waals surface area contributed by atoms with E-state index in [9.17, 15) is 4.79 Å². The molecule has 4 aromatic rings. The van der Waals surface area contributed by atoms with Crippen LogP contribution < -0.4 is 5.32 Å². The Morgan fingerprint density at radius 1 is 0.727 bits per heavy atom. The van der Waals surface area contributed by atoms with Crippen molar-refractivity contribution in [2.75, 3.05) is 26.2 Å². The Morgan fingerprint density at radius 2 is 1.36 bits per heavy atom. The minimum Gasteiger partial charge on any atom is -0.343 e. The highest BCUT2D eigenvalue weighted by atomic mass is 16.2. The first-order chi connectivity index (χ1) is 16.3. The van der Waals surface area contributed by atoms with Gasteiger partial charge in [-0.3, -0.25) is 4.79 Å². The molecule has 33 heavy (non-hydrogen) atoms. The molecule has 1 heterocycles. The van der Waals surface area contributed by atoms with E-state index in [0.29, 0.717) is 12.3 Å². The summed E-state index contributed by atoms with van der Waals surface area (Å²) in [5.41, 5.74) is 1.37. The van der Waals surface area contributed by atoms with Crippen LogP contribution in [-0.4, -0.2) is 37.0 Å². The number of carbonyl (C=O) groups excluding carboxylic acids is 1. The van der Waals surface area contributed by atoms with Crippen molar-refractivity contribution in [3.05, 3.63) is 60.2 Å². The van der Waals surface area contributed by atoms with E-state index in [-0.39, 0.29) is 0 Å². The van der Waals surface area contributed by atoms with E-state index in [1.165, 1.54) is 63.6 Å². The zero-order valence-corrected chi connectivity index (χ0v) is 19.7. The van der Waals surface area contributed by atoms with Gasteiger partial charge in [0.15, 0.2) is 0 Å². The summed E-state index contributed by atoms with van der Waals surface area (Å²) in [5.74, 6) is 0.350. The van der Waals surface area contributed by atoms with Gasteiger partial charge >= 0.3 is 0 Å². The molecule has 0 aliphatic carbocycles. The van der Waals surface area contributed by atoms with Gasteiger partial charge in [0.05, 0.1) is 0 Å². The molecule has 5 rings (SSSR count). The normalized spacial score (nSPS) is 16.8. The summed E-state index contributed by atoms with van der Waals surface area (Å²) in [5, 5.41) is 11.6. The van der Waals surface area contributed by atoms with Crippen molar-refractivity contribution < 1.29 is 4.79 Å². The molecule has 0 spiro atoms. The zero-order valence-electron chi connectivity index (χ0n) is 19.7. The lowest BCUT2D eigenvalue weighted by Crippen LogP contribution is -2.33. The monoisotopic (exact) mass is 440 g/mol. The summed E-state index contributed by atoms with van der Waals surface area (Å²) in [4.78, 5) is 15.2. The molecule has 4 aromatic carbocycles. The number of hydrogen-bond donors (Lipinski definition) is 1. The van der Waals surface area contributed by atoms with Crippen molar-refractivity contribution in [1.82, 2.24) is 10.2 Å². The van der Waals surface area contributed by atoms with Crippen molar-refractivity contribution in [3.63, 3.8) is 0 Å². The first-order valence-corrected chi connectivity index (χ1v) is 13.0. The van der Waals surface area contributed by atoms with Gasteiger partial charge in [0.2, 0.25) is 5.91 Å². The van der Waals surface area contributed by atoms with Gasteiger partial charge in [0.25, 0.3) is 0 Å². The summed E-state index contributed by atoms with van der Waals surface area (Å²) in [6, 6.07) is 20.1. The van der Waals surface area contributed by atoms with Crippen LogP contribution in [-0.2, 0) is 11.2 Å². The van der Waals surface area contributed by atoms with Crippen LogP contribution in [0, 0.1) is 0 Å². The smallest absolute Gasteiger partial charge is 0.222 e. The maximum absolute atomic E-state index is 13.1. The molecular formula is C30H36N2O. The molecule has 0 saturated carbocycles. The van der Waals surface area contributed by atoms with Crippen molar-refractivity contribution in [1.29, 1.82) is 0 Å². The molecule has 172 valence electrons. The number of rotatable bonds is 4. The van der Waals surface area contributed by atoms with Crippen LogP contribution in [0.4, 0.5) is 0 Å². The van der Waals surface area contributed by atoms with Crippen molar-refractivity contribution in [2.24, 2.45) is 0 Å². The predicted molar refractivity (Wildman–Crippen MR) is 140 cm³/mol. The topological polar surface area (TPSA) is 32.3 Å². The molecule has 3 heteroatoms. The first kappa shape index (κ1) is 22.2. The summed E-state index contributed by atoms with van der Waals surface area (Å²) in [7, 11) is 0. The van der Waals surface area contributed by atoms with Crippen LogP contribution in [0.3, 0.4) is 0 Å². The minimum atomic E-state index is 0.350. The molecule has 3 nitrogen and oxygen atoms in total. The Labute approximate surface area is 197 Å². The molecule has 1 amide bonds. The average molecular weight is 441 g/mol. The lowest BCUT2D eigenvalue weighted by molar-refractivity contribution is -0.131. The number of benzene rings is 4. The van der Waals surface area contributed by atoms with E-state index in [2.05, 4.69) is 64.8 Å². The SMILES string of the molecule is O=C(CCCc1ccc2ccc3cccc4ccc1c2c34)N1CCCCCNCCCCC1.